The van der Waals surface area contributed by atoms with Crippen LogP contribution in [0.2, 0.25) is 5.02 Å². The average Bonchev–Trinajstić information content (AvgIpc) is 2.79. The first kappa shape index (κ1) is 12.0. The topological polar surface area (TPSA) is 38.0 Å². The van der Waals surface area contributed by atoms with Crippen molar-refractivity contribution in [3.63, 3.8) is 0 Å². The number of nitrogens with one attached hydrogen (secondary N) is 1. The van der Waals surface area contributed by atoms with Gasteiger partial charge in [-0.25, -0.2) is 0 Å². The van der Waals surface area contributed by atoms with Crippen molar-refractivity contribution in [2.45, 2.75) is 25.3 Å². The lowest BCUT2D eigenvalue weighted by molar-refractivity contribution is 0.456. The van der Waals surface area contributed by atoms with Crippen molar-refractivity contribution in [3.05, 3.63) is 28.8 Å². The normalized spacial score (nSPS) is 38.1. The summed E-state index contributed by atoms with van der Waals surface area (Å²) in [6, 6.07) is 6.47. The molecule has 1 aromatic carbocycles. The highest BCUT2D eigenvalue weighted by molar-refractivity contribution is 7.80. The van der Waals surface area contributed by atoms with Gasteiger partial charge in [-0.05, 0) is 61.1 Å². The molecule has 2 bridgehead atoms. The van der Waals surface area contributed by atoms with Crippen LogP contribution in [0.4, 0.5) is 5.69 Å². The number of fused-ring (bicyclic) bond motifs is 5. The zero-order chi connectivity index (χ0) is 13.1. The van der Waals surface area contributed by atoms with E-state index in [0.717, 1.165) is 39.9 Å². The Balaban J connectivity index is 1.51. The number of halogens is 1. The average molecular weight is 293 g/mol. The maximum Gasteiger partial charge on any atom is 0.104 e. The van der Waals surface area contributed by atoms with Crippen LogP contribution in [0.15, 0.2) is 18.2 Å². The largest absolute Gasteiger partial charge is 0.389 e. The van der Waals surface area contributed by atoms with Crippen molar-refractivity contribution in [1.29, 1.82) is 0 Å². The summed E-state index contributed by atoms with van der Waals surface area (Å²) in [4.78, 5) is 0.398. The molecule has 0 aliphatic heterocycles. The molecule has 19 heavy (non-hydrogen) atoms. The van der Waals surface area contributed by atoms with Crippen LogP contribution in [0.25, 0.3) is 0 Å². The molecule has 0 heterocycles. The van der Waals surface area contributed by atoms with Gasteiger partial charge in [0.2, 0.25) is 0 Å². The maximum absolute atomic E-state index is 6.31. The van der Waals surface area contributed by atoms with Crippen molar-refractivity contribution in [2.75, 3.05) is 5.32 Å². The predicted octanol–water partition coefficient (Wildman–Crippen LogP) is 3.43. The Hall–Kier alpha value is -0.800. The Morgan fingerprint density at radius 1 is 1.26 bits per heavy atom. The molecule has 0 aromatic heterocycles. The minimum absolute atomic E-state index is 0.398. The van der Waals surface area contributed by atoms with Crippen LogP contribution in [-0.2, 0) is 0 Å². The van der Waals surface area contributed by atoms with E-state index < -0.39 is 0 Å². The number of rotatable bonds is 3. The van der Waals surface area contributed by atoms with Gasteiger partial charge in [0.15, 0.2) is 0 Å². The van der Waals surface area contributed by atoms with Gasteiger partial charge >= 0.3 is 0 Å². The van der Waals surface area contributed by atoms with Crippen molar-refractivity contribution in [1.82, 2.24) is 0 Å². The van der Waals surface area contributed by atoms with E-state index in [0.29, 0.717) is 11.0 Å². The molecule has 3 aliphatic rings. The fourth-order valence-corrected chi connectivity index (χ4v) is 4.85. The standard InChI is InChI=1S/C15H17ClN2S/c16-10-6-9(15(17)19)3-4-11(10)18-14-12-7-1-2-8(5-7)13(12)14/h3-4,6-8,12-14,18H,1-2,5H2,(H2,17,19). The molecule has 2 nitrogen and oxygen atoms in total. The Labute approximate surface area is 123 Å². The quantitative estimate of drug-likeness (QED) is 0.838. The molecule has 1 aromatic rings. The molecule has 100 valence electrons. The minimum Gasteiger partial charge on any atom is -0.389 e. The molecule has 3 saturated carbocycles. The van der Waals surface area contributed by atoms with Gasteiger partial charge < -0.3 is 11.1 Å². The summed E-state index contributed by atoms with van der Waals surface area (Å²) in [5.74, 6) is 3.76. The molecular weight excluding hydrogens is 276 g/mol. The Bertz CT molecular complexity index is 543. The van der Waals surface area contributed by atoms with Gasteiger partial charge in [0.05, 0.1) is 10.7 Å². The number of thiocarbonyl (C=S) groups is 1. The first-order chi connectivity index (χ1) is 9.15. The number of anilines is 1. The highest BCUT2D eigenvalue weighted by atomic mass is 35.5. The van der Waals surface area contributed by atoms with Crippen LogP contribution < -0.4 is 11.1 Å². The van der Waals surface area contributed by atoms with E-state index in [1.165, 1.54) is 19.3 Å². The molecule has 0 radical (unpaired) electrons. The number of benzene rings is 1. The zero-order valence-corrected chi connectivity index (χ0v) is 12.2. The summed E-state index contributed by atoms with van der Waals surface area (Å²) in [5, 5.41) is 4.36. The lowest BCUT2D eigenvalue weighted by atomic mass is 10.0. The van der Waals surface area contributed by atoms with Crippen molar-refractivity contribution in [3.8, 4) is 0 Å². The molecular formula is C15H17ClN2S. The van der Waals surface area contributed by atoms with Crippen molar-refractivity contribution in [2.24, 2.45) is 29.4 Å². The van der Waals surface area contributed by atoms with Gasteiger partial charge in [-0.3, -0.25) is 0 Å². The summed E-state index contributed by atoms with van der Waals surface area (Å²) >= 11 is 11.3. The molecule has 4 heteroatoms. The summed E-state index contributed by atoms with van der Waals surface area (Å²) in [7, 11) is 0. The third-order valence-electron chi connectivity index (χ3n) is 5.31. The SMILES string of the molecule is NC(=S)c1ccc(NC2C3C4CCC(C4)C23)c(Cl)c1. The lowest BCUT2D eigenvalue weighted by Crippen LogP contribution is -2.14. The summed E-state index contributed by atoms with van der Waals surface area (Å²) in [6.45, 7) is 0. The molecule has 0 saturated heterocycles. The number of nitrogens with two attached hydrogens (primary N) is 1. The molecule has 0 spiro atoms. The van der Waals surface area contributed by atoms with Gasteiger partial charge in [0, 0.05) is 11.6 Å². The van der Waals surface area contributed by atoms with Crippen molar-refractivity contribution < 1.29 is 0 Å². The second kappa shape index (κ2) is 4.10. The molecule has 3 N–H and O–H groups in total. The van der Waals surface area contributed by atoms with E-state index in [9.17, 15) is 0 Å². The highest BCUT2D eigenvalue weighted by Crippen LogP contribution is 2.66. The van der Waals surface area contributed by atoms with Crippen LogP contribution in [0.3, 0.4) is 0 Å². The molecule has 0 amide bonds. The second-order valence-electron chi connectivity index (χ2n) is 6.22. The third-order valence-corrected chi connectivity index (χ3v) is 5.86. The number of hydrogen-bond acceptors (Lipinski definition) is 2. The van der Waals surface area contributed by atoms with E-state index in [-0.39, 0.29) is 0 Å². The van der Waals surface area contributed by atoms with Crippen LogP contribution >= 0.6 is 23.8 Å². The van der Waals surface area contributed by atoms with Gasteiger partial charge in [-0.2, -0.15) is 0 Å². The van der Waals surface area contributed by atoms with E-state index in [4.69, 9.17) is 29.6 Å². The third kappa shape index (κ3) is 1.78. The van der Waals surface area contributed by atoms with E-state index in [2.05, 4.69) is 5.32 Å². The van der Waals surface area contributed by atoms with Crippen molar-refractivity contribution >= 4 is 34.5 Å². The van der Waals surface area contributed by atoms with Gasteiger partial charge in [0.1, 0.15) is 4.99 Å². The summed E-state index contributed by atoms with van der Waals surface area (Å²) < 4.78 is 0. The highest BCUT2D eigenvalue weighted by Gasteiger charge is 2.65. The van der Waals surface area contributed by atoms with Gasteiger partial charge in [-0.1, -0.05) is 23.8 Å². The number of hydrogen-bond donors (Lipinski definition) is 2. The Kier molecular flexibility index (Phi) is 2.58. The maximum atomic E-state index is 6.31. The summed E-state index contributed by atoms with van der Waals surface area (Å²) in [6.07, 6.45) is 4.36. The monoisotopic (exact) mass is 292 g/mol. The van der Waals surface area contributed by atoms with E-state index in [1.54, 1.807) is 0 Å². The molecule has 4 rings (SSSR count). The minimum atomic E-state index is 0.398. The van der Waals surface area contributed by atoms with E-state index in [1.807, 2.05) is 18.2 Å². The zero-order valence-electron chi connectivity index (χ0n) is 10.6. The van der Waals surface area contributed by atoms with Crippen LogP contribution in [0.5, 0.6) is 0 Å². The lowest BCUT2D eigenvalue weighted by Gasteiger charge is -2.13. The first-order valence-corrected chi connectivity index (χ1v) is 7.79. The summed E-state index contributed by atoms with van der Waals surface area (Å²) in [5.41, 5.74) is 7.48. The van der Waals surface area contributed by atoms with Crippen LogP contribution in [-0.4, -0.2) is 11.0 Å². The Morgan fingerprint density at radius 2 is 1.95 bits per heavy atom. The fraction of sp³-hybridized carbons (Fsp3) is 0.533. The first-order valence-electron chi connectivity index (χ1n) is 7.01. The second-order valence-corrected chi connectivity index (χ2v) is 7.06. The molecule has 3 aliphatic carbocycles. The molecule has 4 unspecified atom stereocenters. The van der Waals surface area contributed by atoms with Crippen LogP contribution in [0.1, 0.15) is 24.8 Å². The van der Waals surface area contributed by atoms with Gasteiger partial charge in [0.25, 0.3) is 0 Å². The predicted molar refractivity (Wildman–Crippen MR) is 82.6 cm³/mol. The smallest absolute Gasteiger partial charge is 0.104 e. The Morgan fingerprint density at radius 3 is 2.53 bits per heavy atom. The fourth-order valence-electron chi connectivity index (χ4n) is 4.48. The van der Waals surface area contributed by atoms with Crippen LogP contribution in [0, 0.1) is 23.7 Å². The molecule has 3 fully saturated rings. The molecule has 4 atom stereocenters. The van der Waals surface area contributed by atoms with E-state index >= 15 is 0 Å². The van der Waals surface area contributed by atoms with Gasteiger partial charge in [-0.15, -0.1) is 0 Å².